The molecule has 100 valence electrons. The van der Waals surface area contributed by atoms with Gasteiger partial charge in [0.15, 0.2) is 0 Å². The van der Waals surface area contributed by atoms with Gasteiger partial charge in [-0.3, -0.25) is 4.79 Å². The van der Waals surface area contributed by atoms with Gasteiger partial charge in [0.25, 0.3) is 5.91 Å². The highest BCUT2D eigenvalue weighted by molar-refractivity contribution is 6.07. The Labute approximate surface area is 108 Å². The van der Waals surface area contributed by atoms with E-state index in [1.54, 1.807) is 24.4 Å². The summed E-state index contributed by atoms with van der Waals surface area (Å²) < 4.78 is 4.51. The van der Waals surface area contributed by atoms with Crippen LogP contribution in [-0.2, 0) is 4.74 Å². The molecule has 0 saturated heterocycles. The highest BCUT2D eigenvalue weighted by atomic mass is 16.5. The molecule has 1 aromatic heterocycles. The number of hydrogen-bond acceptors (Lipinski definition) is 4. The molecule has 0 radical (unpaired) electrons. The standard InChI is InChI=1S/C12H14N4O3/c13-7-1-2-10-8(5-7)9(6-16-10)11(17)15-3-4-19-12(14)18/h1-2,5-6,16H,3-4,13H2,(H2,14,18)(H,15,17). The lowest BCUT2D eigenvalue weighted by Gasteiger charge is -2.04. The van der Waals surface area contributed by atoms with Crippen molar-refractivity contribution in [3.63, 3.8) is 0 Å². The Kier molecular flexibility index (Phi) is 3.56. The number of aromatic nitrogens is 1. The monoisotopic (exact) mass is 262 g/mol. The smallest absolute Gasteiger partial charge is 0.404 e. The summed E-state index contributed by atoms with van der Waals surface area (Å²) >= 11 is 0. The number of amides is 2. The van der Waals surface area contributed by atoms with Crippen molar-refractivity contribution < 1.29 is 14.3 Å². The minimum atomic E-state index is -0.867. The molecule has 0 bridgehead atoms. The number of nitrogen functional groups attached to an aromatic ring is 1. The Morgan fingerprint density at radius 3 is 2.89 bits per heavy atom. The lowest BCUT2D eigenvalue weighted by molar-refractivity contribution is 0.0938. The molecule has 2 rings (SSSR count). The minimum absolute atomic E-state index is 0.0333. The fourth-order valence-corrected chi connectivity index (χ4v) is 1.74. The van der Waals surface area contributed by atoms with E-state index in [0.717, 1.165) is 10.9 Å². The Morgan fingerprint density at radius 1 is 1.37 bits per heavy atom. The van der Waals surface area contributed by atoms with Crippen LogP contribution in [0.25, 0.3) is 10.9 Å². The van der Waals surface area contributed by atoms with Crippen LogP contribution < -0.4 is 16.8 Å². The molecule has 0 aliphatic carbocycles. The molecular weight excluding hydrogens is 248 g/mol. The van der Waals surface area contributed by atoms with Crippen LogP contribution in [0.4, 0.5) is 10.5 Å². The maximum absolute atomic E-state index is 11.9. The van der Waals surface area contributed by atoms with Gasteiger partial charge in [-0.25, -0.2) is 4.79 Å². The summed E-state index contributed by atoms with van der Waals surface area (Å²) in [5, 5.41) is 3.36. The number of nitrogens with one attached hydrogen (secondary N) is 2. The first-order valence-electron chi connectivity index (χ1n) is 5.65. The lowest BCUT2D eigenvalue weighted by atomic mass is 10.1. The van der Waals surface area contributed by atoms with Crippen molar-refractivity contribution in [2.45, 2.75) is 0 Å². The van der Waals surface area contributed by atoms with E-state index < -0.39 is 6.09 Å². The molecule has 0 atom stereocenters. The largest absolute Gasteiger partial charge is 0.448 e. The molecule has 19 heavy (non-hydrogen) atoms. The third-order valence-corrected chi connectivity index (χ3v) is 2.58. The van der Waals surface area contributed by atoms with Crippen molar-refractivity contribution in [3.05, 3.63) is 30.0 Å². The van der Waals surface area contributed by atoms with Crippen molar-refractivity contribution in [3.8, 4) is 0 Å². The number of nitrogens with two attached hydrogens (primary N) is 2. The highest BCUT2D eigenvalue weighted by Crippen LogP contribution is 2.20. The first-order chi connectivity index (χ1) is 9.08. The lowest BCUT2D eigenvalue weighted by Crippen LogP contribution is -2.28. The van der Waals surface area contributed by atoms with Gasteiger partial charge in [0.1, 0.15) is 6.61 Å². The number of carbonyl (C=O) groups excluding carboxylic acids is 2. The molecule has 7 heteroatoms. The summed E-state index contributed by atoms with van der Waals surface area (Å²) in [4.78, 5) is 25.3. The Hall–Kier alpha value is -2.70. The molecule has 6 N–H and O–H groups in total. The van der Waals surface area contributed by atoms with E-state index in [1.165, 1.54) is 0 Å². The van der Waals surface area contributed by atoms with Gasteiger partial charge in [0.2, 0.25) is 0 Å². The third-order valence-electron chi connectivity index (χ3n) is 2.58. The van der Waals surface area contributed by atoms with Gasteiger partial charge < -0.3 is 26.5 Å². The fourth-order valence-electron chi connectivity index (χ4n) is 1.74. The molecule has 2 amide bonds. The first kappa shape index (κ1) is 12.7. The predicted molar refractivity (Wildman–Crippen MR) is 70.6 cm³/mol. The molecule has 0 saturated carbocycles. The van der Waals surface area contributed by atoms with Crippen molar-refractivity contribution in [2.75, 3.05) is 18.9 Å². The van der Waals surface area contributed by atoms with Gasteiger partial charge in [0.05, 0.1) is 12.1 Å². The van der Waals surface area contributed by atoms with Crippen LogP contribution in [0.5, 0.6) is 0 Å². The molecule has 0 spiro atoms. The number of fused-ring (bicyclic) bond motifs is 1. The van der Waals surface area contributed by atoms with E-state index in [4.69, 9.17) is 11.5 Å². The van der Waals surface area contributed by atoms with Crippen LogP contribution in [0.2, 0.25) is 0 Å². The number of aromatic amines is 1. The quantitative estimate of drug-likeness (QED) is 0.475. The van der Waals surface area contributed by atoms with Crippen LogP contribution in [0.1, 0.15) is 10.4 Å². The Bertz CT molecular complexity index is 620. The van der Waals surface area contributed by atoms with E-state index in [-0.39, 0.29) is 19.1 Å². The van der Waals surface area contributed by atoms with Crippen LogP contribution in [-0.4, -0.2) is 30.1 Å². The zero-order valence-corrected chi connectivity index (χ0v) is 10.1. The maximum Gasteiger partial charge on any atom is 0.404 e. The molecule has 0 aliphatic heterocycles. The second kappa shape index (κ2) is 5.30. The number of ether oxygens (including phenoxy) is 1. The Balaban J connectivity index is 2.05. The van der Waals surface area contributed by atoms with E-state index in [2.05, 4.69) is 15.0 Å². The maximum atomic E-state index is 11.9. The number of carbonyl (C=O) groups is 2. The molecule has 0 unspecified atom stereocenters. The summed E-state index contributed by atoms with van der Waals surface area (Å²) in [7, 11) is 0. The number of anilines is 1. The van der Waals surface area contributed by atoms with Gasteiger partial charge in [-0.2, -0.15) is 0 Å². The van der Waals surface area contributed by atoms with Crippen LogP contribution in [0.3, 0.4) is 0 Å². The predicted octanol–water partition coefficient (Wildman–Crippen LogP) is 0.575. The summed E-state index contributed by atoms with van der Waals surface area (Å²) in [6, 6.07) is 5.28. The summed E-state index contributed by atoms with van der Waals surface area (Å²) in [5.74, 6) is -0.273. The molecule has 1 heterocycles. The molecule has 0 fully saturated rings. The van der Waals surface area contributed by atoms with Gasteiger partial charge in [-0.1, -0.05) is 0 Å². The van der Waals surface area contributed by atoms with Gasteiger partial charge in [0, 0.05) is 22.8 Å². The van der Waals surface area contributed by atoms with Crippen molar-refractivity contribution in [1.29, 1.82) is 0 Å². The average molecular weight is 262 g/mol. The minimum Gasteiger partial charge on any atom is -0.448 e. The topological polar surface area (TPSA) is 123 Å². The van der Waals surface area contributed by atoms with E-state index >= 15 is 0 Å². The zero-order chi connectivity index (χ0) is 13.8. The third kappa shape index (κ3) is 2.95. The van der Waals surface area contributed by atoms with E-state index in [1.807, 2.05) is 0 Å². The van der Waals surface area contributed by atoms with Gasteiger partial charge >= 0.3 is 6.09 Å². The van der Waals surface area contributed by atoms with E-state index in [0.29, 0.717) is 11.3 Å². The number of H-pyrrole nitrogens is 1. The summed E-state index contributed by atoms with van der Waals surface area (Å²) in [6.45, 7) is 0.225. The van der Waals surface area contributed by atoms with Crippen LogP contribution in [0, 0.1) is 0 Å². The van der Waals surface area contributed by atoms with Gasteiger partial charge in [-0.05, 0) is 18.2 Å². The molecular formula is C12H14N4O3. The normalized spacial score (nSPS) is 10.3. The molecule has 1 aromatic carbocycles. The van der Waals surface area contributed by atoms with Crippen LogP contribution >= 0.6 is 0 Å². The second-order valence-electron chi connectivity index (χ2n) is 3.93. The van der Waals surface area contributed by atoms with Gasteiger partial charge in [-0.15, -0.1) is 0 Å². The second-order valence-corrected chi connectivity index (χ2v) is 3.93. The Morgan fingerprint density at radius 2 is 2.16 bits per heavy atom. The zero-order valence-electron chi connectivity index (χ0n) is 10.1. The average Bonchev–Trinajstić information content (AvgIpc) is 2.77. The number of rotatable bonds is 4. The summed E-state index contributed by atoms with van der Waals surface area (Å²) in [5.41, 5.74) is 12.4. The molecule has 2 aromatic rings. The van der Waals surface area contributed by atoms with Crippen LogP contribution in [0.15, 0.2) is 24.4 Å². The van der Waals surface area contributed by atoms with E-state index in [9.17, 15) is 9.59 Å². The highest BCUT2D eigenvalue weighted by Gasteiger charge is 2.11. The number of benzene rings is 1. The van der Waals surface area contributed by atoms with Crippen molar-refractivity contribution >= 4 is 28.6 Å². The van der Waals surface area contributed by atoms with Crippen molar-refractivity contribution in [1.82, 2.24) is 10.3 Å². The first-order valence-corrected chi connectivity index (χ1v) is 5.65. The number of hydrogen-bond donors (Lipinski definition) is 4. The molecule has 7 nitrogen and oxygen atoms in total. The SMILES string of the molecule is NC(=O)OCCNC(=O)c1c[nH]c2ccc(N)cc12. The molecule has 0 aliphatic rings. The fraction of sp³-hybridized carbons (Fsp3) is 0.167. The van der Waals surface area contributed by atoms with Crippen molar-refractivity contribution in [2.24, 2.45) is 5.73 Å². The number of primary amides is 1. The summed E-state index contributed by atoms with van der Waals surface area (Å²) in [6.07, 6.45) is 0.739.